The van der Waals surface area contributed by atoms with Crippen molar-refractivity contribution in [2.75, 3.05) is 18.0 Å². The zero-order valence-corrected chi connectivity index (χ0v) is 14.0. The molecule has 2 aromatic heterocycles. The van der Waals surface area contributed by atoms with Gasteiger partial charge in [0.1, 0.15) is 5.76 Å². The molecule has 23 heavy (non-hydrogen) atoms. The minimum absolute atomic E-state index is 0.358. The number of rotatable bonds is 6. The minimum Gasteiger partial charge on any atom is -0.467 e. The summed E-state index contributed by atoms with van der Waals surface area (Å²) >= 11 is 1.33. The zero-order chi connectivity index (χ0) is 16.2. The highest BCUT2D eigenvalue weighted by molar-refractivity contribution is 8.00. The van der Waals surface area contributed by atoms with Crippen molar-refractivity contribution in [3.8, 4) is 0 Å². The Morgan fingerprint density at radius 2 is 2.17 bits per heavy atom. The van der Waals surface area contributed by atoms with Crippen LogP contribution in [0.25, 0.3) is 0 Å². The Hall–Kier alpha value is -1.96. The van der Waals surface area contributed by atoms with Crippen LogP contribution in [0.3, 0.4) is 0 Å². The first-order valence-corrected chi connectivity index (χ1v) is 8.69. The molecule has 3 rings (SSSR count). The third-order valence-corrected chi connectivity index (χ3v) is 5.01. The van der Waals surface area contributed by atoms with E-state index in [9.17, 15) is 4.79 Å². The van der Waals surface area contributed by atoms with E-state index in [2.05, 4.69) is 15.1 Å². The van der Waals surface area contributed by atoms with Gasteiger partial charge in [-0.3, -0.25) is 9.36 Å². The summed E-state index contributed by atoms with van der Waals surface area (Å²) in [5, 5.41) is 8.97. The van der Waals surface area contributed by atoms with Gasteiger partial charge < -0.3 is 15.1 Å². The van der Waals surface area contributed by atoms with Crippen molar-refractivity contribution in [2.24, 2.45) is 5.73 Å². The van der Waals surface area contributed by atoms with Crippen LogP contribution < -0.4 is 10.6 Å². The highest BCUT2D eigenvalue weighted by Crippen LogP contribution is 2.28. The predicted molar refractivity (Wildman–Crippen MR) is 88.4 cm³/mol. The summed E-state index contributed by atoms with van der Waals surface area (Å²) < 4.78 is 7.47. The van der Waals surface area contributed by atoms with E-state index in [4.69, 9.17) is 10.2 Å². The molecule has 124 valence electrons. The van der Waals surface area contributed by atoms with Gasteiger partial charge in [0.15, 0.2) is 5.16 Å². The van der Waals surface area contributed by atoms with Gasteiger partial charge in [-0.15, -0.1) is 10.2 Å². The van der Waals surface area contributed by atoms with E-state index in [0.717, 1.165) is 37.6 Å². The number of carbonyl (C=O) groups is 1. The van der Waals surface area contributed by atoms with Crippen LogP contribution in [0.5, 0.6) is 0 Å². The number of primary amides is 1. The molecule has 3 heterocycles. The second-order valence-corrected chi connectivity index (χ2v) is 6.97. The molecule has 7 nitrogen and oxygen atoms in total. The molecule has 1 aliphatic rings. The standard InChI is InChI=1S/C15H21N5O2S/c1-11(13(16)21)23-15-18-17-14(19-7-3-2-4-8-19)20(15)10-12-6-5-9-22-12/h5-6,9,11H,2-4,7-8,10H2,1H3,(H2,16,21)/t11-/m0/s1. The van der Waals surface area contributed by atoms with Gasteiger partial charge in [-0.1, -0.05) is 11.8 Å². The van der Waals surface area contributed by atoms with Gasteiger partial charge in [0.2, 0.25) is 11.9 Å². The van der Waals surface area contributed by atoms with Gasteiger partial charge in [-0.05, 0) is 38.3 Å². The van der Waals surface area contributed by atoms with Gasteiger partial charge >= 0.3 is 0 Å². The Morgan fingerprint density at radius 1 is 1.39 bits per heavy atom. The summed E-state index contributed by atoms with van der Waals surface area (Å²) in [6, 6.07) is 3.78. The molecule has 1 saturated heterocycles. The van der Waals surface area contributed by atoms with E-state index >= 15 is 0 Å². The monoisotopic (exact) mass is 335 g/mol. The molecular formula is C15H21N5O2S. The largest absolute Gasteiger partial charge is 0.467 e. The van der Waals surface area contributed by atoms with Crippen molar-refractivity contribution >= 4 is 23.6 Å². The van der Waals surface area contributed by atoms with E-state index in [1.165, 1.54) is 18.2 Å². The lowest BCUT2D eigenvalue weighted by molar-refractivity contribution is -0.117. The summed E-state index contributed by atoms with van der Waals surface area (Å²) in [5.74, 6) is 1.30. The molecule has 1 amide bonds. The van der Waals surface area contributed by atoms with Crippen LogP contribution in [-0.2, 0) is 11.3 Å². The summed E-state index contributed by atoms with van der Waals surface area (Å²) in [5.41, 5.74) is 5.37. The SMILES string of the molecule is C[C@H](Sc1nnc(N2CCCCC2)n1Cc1ccco1)C(N)=O. The van der Waals surface area contributed by atoms with Crippen molar-refractivity contribution in [1.82, 2.24) is 14.8 Å². The Balaban J connectivity index is 1.88. The lowest BCUT2D eigenvalue weighted by atomic mass is 10.1. The van der Waals surface area contributed by atoms with Crippen molar-refractivity contribution in [3.63, 3.8) is 0 Å². The fourth-order valence-corrected chi connectivity index (χ4v) is 3.40. The van der Waals surface area contributed by atoms with Gasteiger partial charge in [0.25, 0.3) is 0 Å². The van der Waals surface area contributed by atoms with Crippen LogP contribution in [0.1, 0.15) is 31.9 Å². The van der Waals surface area contributed by atoms with Crippen molar-refractivity contribution in [1.29, 1.82) is 0 Å². The topological polar surface area (TPSA) is 90.2 Å². The maximum Gasteiger partial charge on any atom is 0.230 e. The van der Waals surface area contributed by atoms with E-state index in [1.54, 1.807) is 13.2 Å². The first-order chi connectivity index (χ1) is 11.1. The highest BCUT2D eigenvalue weighted by Gasteiger charge is 2.23. The van der Waals surface area contributed by atoms with Crippen LogP contribution in [-0.4, -0.2) is 39.0 Å². The fourth-order valence-electron chi connectivity index (χ4n) is 2.61. The average molecular weight is 335 g/mol. The number of furan rings is 1. The molecule has 0 aliphatic carbocycles. The molecule has 1 fully saturated rings. The summed E-state index contributed by atoms with van der Waals surface area (Å²) in [4.78, 5) is 13.6. The fraction of sp³-hybridized carbons (Fsp3) is 0.533. The second kappa shape index (κ2) is 7.08. The maximum absolute atomic E-state index is 11.4. The van der Waals surface area contributed by atoms with Crippen LogP contribution in [0.2, 0.25) is 0 Å². The lowest BCUT2D eigenvalue weighted by Crippen LogP contribution is -2.32. The van der Waals surface area contributed by atoms with Crippen LogP contribution in [0.15, 0.2) is 28.0 Å². The molecule has 0 aromatic carbocycles. The Labute approximate surface area is 139 Å². The molecule has 0 saturated carbocycles. The predicted octanol–water partition coefficient (Wildman–Crippen LogP) is 1.88. The van der Waals surface area contributed by atoms with Crippen LogP contribution >= 0.6 is 11.8 Å². The highest BCUT2D eigenvalue weighted by atomic mass is 32.2. The number of hydrogen-bond donors (Lipinski definition) is 1. The number of piperidine rings is 1. The number of amides is 1. The molecule has 8 heteroatoms. The molecule has 0 radical (unpaired) electrons. The molecule has 0 unspecified atom stereocenters. The maximum atomic E-state index is 11.4. The Kier molecular flexibility index (Phi) is 4.90. The number of nitrogens with two attached hydrogens (primary N) is 1. The van der Waals surface area contributed by atoms with Crippen LogP contribution in [0.4, 0.5) is 5.95 Å². The Morgan fingerprint density at radius 3 is 2.83 bits per heavy atom. The van der Waals surface area contributed by atoms with E-state index < -0.39 is 0 Å². The van der Waals surface area contributed by atoms with Gasteiger partial charge in [-0.25, -0.2) is 0 Å². The molecule has 2 aromatic rings. The molecule has 1 aliphatic heterocycles. The quantitative estimate of drug-likeness (QED) is 0.811. The van der Waals surface area contributed by atoms with E-state index in [0.29, 0.717) is 11.7 Å². The minimum atomic E-state index is -0.359. The molecule has 0 spiro atoms. The first-order valence-electron chi connectivity index (χ1n) is 7.81. The van der Waals surface area contributed by atoms with Gasteiger partial charge in [0.05, 0.1) is 18.1 Å². The molecule has 2 N–H and O–H groups in total. The number of hydrogen-bond acceptors (Lipinski definition) is 6. The lowest BCUT2D eigenvalue weighted by Gasteiger charge is -2.27. The number of nitrogens with zero attached hydrogens (tertiary/aromatic N) is 4. The first kappa shape index (κ1) is 15.9. The normalized spacial score (nSPS) is 16.5. The Bertz CT molecular complexity index is 649. The number of carbonyl (C=O) groups excluding carboxylic acids is 1. The summed E-state index contributed by atoms with van der Waals surface area (Å²) in [6.07, 6.45) is 5.23. The third-order valence-electron chi connectivity index (χ3n) is 3.91. The van der Waals surface area contributed by atoms with Gasteiger partial charge in [0, 0.05) is 13.1 Å². The summed E-state index contributed by atoms with van der Waals surface area (Å²) in [6.45, 7) is 4.28. The second-order valence-electron chi connectivity index (χ2n) is 5.66. The van der Waals surface area contributed by atoms with E-state index in [1.807, 2.05) is 16.7 Å². The third kappa shape index (κ3) is 3.69. The van der Waals surface area contributed by atoms with Crippen molar-refractivity contribution < 1.29 is 9.21 Å². The van der Waals surface area contributed by atoms with E-state index in [-0.39, 0.29) is 11.2 Å². The number of anilines is 1. The number of thioether (sulfide) groups is 1. The van der Waals surface area contributed by atoms with Crippen LogP contribution in [0, 0.1) is 0 Å². The molecule has 1 atom stereocenters. The zero-order valence-electron chi connectivity index (χ0n) is 13.1. The smallest absolute Gasteiger partial charge is 0.230 e. The van der Waals surface area contributed by atoms with Gasteiger partial charge in [-0.2, -0.15) is 0 Å². The number of aromatic nitrogens is 3. The molecular weight excluding hydrogens is 314 g/mol. The summed E-state index contributed by atoms with van der Waals surface area (Å²) in [7, 11) is 0. The average Bonchev–Trinajstić information content (AvgIpc) is 3.19. The molecule has 0 bridgehead atoms. The van der Waals surface area contributed by atoms with Crippen molar-refractivity contribution in [2.45, 2.75) is 43.1 Å². The van der Waals surface area contributed by atoms with Crippen molar-refractivity contribution in [3.05, 3.63) is 24.2 Å².